The number of hydrogen-bond donors (Lipinski definition) is 2. The molecular weight excluding hydrogens is 388 g/mol. The molecule has 0 saturated carbocycles. The molecule has 0 radical (unpaired) electrons. The Labute approximate surface area is 181 Å². The lowest BCUT2D eigenvalue weighted by molar-refractivity contribution is 0.0615. The van der Waals surface area contributed by atoms with Crippen LogP contribution in [0.1, 0.15) is 37.3 Å². The second-order valence-electron chi connectivity index (χ2n) is 8.86. The zero-order chi connectivity index (χ0) is 20.6. The van der Waals surface area contributed by atoms with Crippen molar-refractivity contribution in [3.63, 3.8) is 0 Å². The van der Waals surface area contributed by atoms with Crippen LogP contribution >= 0.6 is 0 Å². The predicted octanol–water partition coefficient (Wildman–Crippen LogP) is 3.87. The van der Waals surface area contributed by atoms with Crippen molar-refractivity contribution in [2.45, 2.75) is 38.1 Å². The van der Waals surface area contributed by atoms with Crippen LogP contribution in [0.4, 0.5) is 0 Å². The third-order valence-electron chi connectivity index (χ3n) is 6.87. The summed E-state index contributed by atoms with van der Waals surface area (Å²) in [5.41, 5.74) is 6.26. The molecule has 4 aromatic heterocycles. The van der Waals surface area contributed by atoms with Gasteiger partial charge in [-0.15, -0.1) is 0 Å². The van der Waals surface area contributed by atoms with Crippen LogP contribution in [0.3, 0.4) is 0 Å². The van der Waals surface area contributed by atoms with Crippen molar-refractivity contribution in [3.8, 4) is 11.3 Å². The van der Waals surface area contributed by atoms with E-state index in [9.17, 15) is 0 Å². The maximum absolute atomic E-state index is 5.52. The largest absolute Gasteiger partial charge is 0.381 e. The number of H-pyrrole nitrogens is 1. The maximum Gasteiger partial charge on any atom is 0.160 e. The summed E-state index contributed by atoms with van der Waals surface area (Å²) < 4.78 is 7.73. The summed E-state index contributed by atoms with van der Waals surface area (Å²) in [6.45, 7) is 4.83. The first-order valence-electron chi connectivity index (χ1n) is 11.4. The van der Waals surface area contributed by atoms with E-state index >= 15 is 0 Å². The first-order chi connectivity index (χ1) is 15.3. The van der Waals surface area contributed by atoms with Crippen LogP contribution < -0.4 is 5.32 Å². The molecule has 0 aromatic carbocycles. The highest BCUT2D eigenvalue weighted by molar-refractivity contribution is 5.93. The lowest BCUT2D eigenvalue weighted by Gasteiger charge is -2.22. The Hall–Kier alpha value is -2.77. The SMILES string of the molecule is c1cc(-c2ccc3ncn(CC4CCOCC4)c3n2)c2cc(C3CCNCC3)[nH]c2n1. The summed E-state index contributed by atoms with van der Waals surface area (Å²) in [7, 11) is 0. The molecule has 7 nitrogen and oxygen atoms in total. The topological polar surface area (TPSA) is 80.6 Å². The van der Waals surface area contributed by atoms with E-state index in [-0.39, 0.29) is 0 Å². The van der Waals surface area contributed by atoms with Gasteiger partial charge in [0.2, 0.25) is 0 Å². The minimum Gasteiger partial charge on any atom is -0.381 e. The molecule has 0 amide bonds. The van der Waals surface area contributed by atoms with E-state index in [0.717, 1.165) is 92.0 Å². The lowest BCUT2D eigenvalue weighted by Crippen LogP contribution is -2.26. The van der Waals surface area contributed by atoms with Gasteiger partial charge in [0.25, 0.3) is 0 Å². The molecule has 0 bridgehead atoms. The quantitative estimate of drug-likeness (QED) is 0.528. The van der Waals surface area contributed by atoms with Gasteiger partial charge >= 0.3 is 0 Å². The van der Waals surface area contributed by atoms with Gasteiger partial charge in [0.15, 0.2) is 5.65 Å². The van der Waals surface area contributed by atoms with Crippen LogP contribution in [0.25, 0.3) is 33.5 Å². The Morgan fingerprint density at radius 3 is 2.77 bits per heavy atom. The van der Waals surface area contributed by atoms with Gasteiger partial charge in [-0.05, 0) is 69.0 Å². The van der Waals surface area contributed by atoms with E-state index < -0.39 is 0 Å². The van der Waals surface area contributed by atoms with Crippen molar-refractivity contribution in [2.24, 2.45) is 5.92 Å². The molecule has 6 heterocycles. The Balaban J connectivity index is 1.37. The smallest absolute Gasteiger partial charge is 0.160 e. The third-order valence-corrected chi connectivity index (χ3v) is 6.87. The Bertz CT molecular complexity index is 1200. The van der Waals surface area contributed by atoms with Crippen LogP contribution in [0.15, 0.2) is 36.8 Å². The molecule has 0 aliphatic carbocycles. The zero-order valence-corrected chi connectivity index (χ0v) is 17.7. The average Bonchev–Trinajstić information content (AvgIpc) is 3.44. The van der Waals surface area contributed by atoms with Crippen molar-refractivity contribution in [1.29, 1.82) is 0 Å². The van der Waals surface area contributed by atoms with E-state index in [2.05, 4.69) is 49.1 Å². The first-order valence-corrected chi connectivity index (χ1v) is 11.4. The molecular formula is C24H28N6O. The summed E-state index contributed by atoms with van der Waals surface area (Å²) >= 11 is 0. The average molecular weight is 417 g/mol. The molecule has 2 N–H and O–H groups in total. The normalized spacial score (nSPS) is 18.8. The van der Waals surface area contributed by atoms with Crippen molar-refractivity contribution in [3.05, 3.63) is 42.5 Å². The first kappa shape index (κ1) is 19.0. The van der Waals surface area contributed by atoms with Gasteiger partial charge in [-0.3, -0.25) is 0 Å². The van der Waals surface area contributed by atoms with E-state index in [1.54, 1.807) is 0 Å². The molecule has 0 atom stereocenters. The number of nitrogens with one attached hydrogen (secondary N) is 2. The van der Waals surface area contributed by atoms with Crippen molar-refractivity contribution in [2.75, 3.05) is 26.3 Å². The molecule has 31 heavy (non-hydrogen) atoms. The summed E-state index contributed by atoms with van der Waals surface area (Å²) in [6, 6.07) is 8.54. The molecule has 2 saturated heterocycles. The Morgan fingerprint density at radius 1 is 1.03 bits per heavy atom. The number of hydrogen-bond acceptors (Lipinski definition) is 5. The van der Waals surface area contributed by atoms with Gasteiger partial charge in [-0.2, -0.15) is 0 Å². The van der Waals surface area contributed by atoms with Crippen molar-refractivity contribution >= 4 is 22.2 Å². The number of ether oxygens (including phenoxy) is 1. The predicted molar refractivity (Wildman–Crippen MR) is 121 cm³/mol. The molecule has 2 aliphatic rings. The van der Waals surface area contributed by atoms with Gasteiger partial charge in [0.05, 0.1) is 12.0 Å². The maximum atomic E-state index is 5.52. The van der Waals surface area contributed by atoms with Gasteiger partial charge in [0.1, 0.15) is 11.2 Å². The molecule has 160 valence electrons. The highest BCUT2D eigenvalue weighted by atomic mass is 16.5. The minimum absolute atomic E-state index is 0.569. The molecule has 4 aromatic rings. The number of pyridine rings is 2. The summed E-state index contributed by atoms with van der Waals surface area (Å²) in [5, 5.41) is 4.60. The number of fused-ring (bicyclic) bond motifs is 2. The van der Waals surface area contributed by atoms with Crippen molar-refractivity contribution < 1.29 is 4.74 Å². The molecule has 2 fully saturated rings. The number of imidazole rings is 1. The molecule has 6 rings (SSSR count). The van der Waals surface area contributed by atoms with Gasteiger partial charge < -0.3 is 19.6 Å². The van der Waals surface area contributed by atoms with Crippen LogP contribution in [0.2, 0.25) is 0 Å². The highest BCUT2D eigenvalue weighted by Gasteiger charge is 2.20. The fourth-order valence-electron chi connectivity index (χ4n) is 5.05. The number of rotatable bonds is 4. The van der Waals surface area contributed by atoms with E-state index in [1.165, 1.54) is 5.69 Å². The fraction of sp³-hybridized carbons (Fsp3) is 0.458. The van der Waals surface area contributed by atoms with Crippen LogP contribution in [-0.4, -0.2) is 50.8 Å². The standard InChI is InChI=1S/C24H28N6O/c1-2-21-24(30(15-27-21)14-16-6-11-31-12-7-16)29-20(1)18-5-10-26-23-19(18)13-22(28-23)17-3-8-25-9-4-17/h1-2,5,10,13,15-17,25H,3-4,6-9,11-12,14H2,(H,26,28). The Morgan fingerprint density at radius 2 is 1.90 bits per heavy atom. The molecule has 0 unspecified atom stereocenters. The monoisotopic (exact) mass is 416 g/mol. The second kappa shape index (κ2) is 8.05. The zero-order valence-electron chi connectivity index (χ0n) is 17.7. The van der Waals surface area contributed by atoms with E-state index in [1.807, 2.05) is 12.5 Å². The van der Waals surface area contributed by atoms with Crippen LogP contribution in [0.5, 0.6) is 0 Å². The van der Waals surface area contributed by atoms with E-state index in [4.69, 9.17) is 9.72 Å². The van der Waals surface area contributed by atoms with Crippen LogP contribution in [-0.2, 0) is 11.3 Å². The van der Waals surface area contributed by atoms with Gasteiger partial charge in [-0.25, -0.2) is 15.0 Å². The fourth-order valence-corrected chi connectivity index (χ4v) is 5.05. The summed E-state index contributed by atoms with van der Waals surface area (Å²) in [4.78, 5) is 17.8. The molecule has 7 heteroatoms. The minimum atomic E-state index is 0.569. The number of nitrogens with zero attached hydrogens (tertiary/aromatic N) is 4. The number of aromatic nitrogens is 5. The van der Waals surface area contributed by atoms with Crippen molar-refractivity contribution in [1.82, 2.24) is 29.8 Å². The second-order valence-corrected chi connectivity index (χ2v) is 8.86. The lowest BCUT2D eigenvalue weighted by atomic mass is 9.94. The van der Waals surface area contributed by atoms with Gasteiger partial charge in [-0.1, -0.05) is 0 Å². The Kier molecular flexibility index (Phi) is 4.92. The summed E-state index contributed by atoms with van der Waals surface area (Å²) in [5.74, 6) is 1.20. The number of piperidine rings is 1. The van der Waals surface area contributed by atoms with E-state index in [0.29, 0.717) is 11.8 Å². The third kappa shape index (κ3) is 3.62. The highest BCUT2D eigenvalue weighted by Crippen LogP contribution is 2.32. The van der Waals surface area contributed by atoms with Gasteiger partial charge in [0, 0.05) is 48.5 Å². The molecule has 0 spiro atoms. The van der Waals surface area contributed by atoms with Crippen LogP contribution in [0, 0.1) is 5.92 Å². The summed E-state index contributed by atoms with van der Waals surface area (Å²) in [6.07, 6.45) is 8.35. The number of aromatic amines is 1. The molecule has 2 aliphatic heterocycles.